The van der Waals surface area contributed by atoms with E-state index in [0.29, 0.717) is 6.42 Å². The molecule has 1 heterocycles. The van der Waals surface area contributed by atoms with Crippen molar-refractivity contribution in [1.29, 1.82) is 0 Å². The molecule has 0 spiro atoms. The van der Waals surface area contributed by atoms with Crippen molar-refractivity contribution in [2.24, 2.45) is 0 Å². The highest BCUT2D eigenvalue weighted by molar-refractivity contribution is 7.15. The minimum Gasteiger partial charge on any atom is -0.391 e. The third-order valence-corrected chi connectivity index (χ3v) is 4.38. The van der Waals surface area contributed by atoms with Gasteiger partial charge in [-0.3, -0.25) is 0 Å². The van der Waals surface area contributed by atoms with Gasteiger partial charge in [-0.15, -0.1) is 10.2 Å². The number of aliphatic hydroxyl groups excluding tert-OH is 1. The molecule has 2 aromatic rings. The van der Waals surface area contributed by atoms with Crippen LogP contribution in [0.4, 0.5) is 9.52 Å². The second-order valence-corrected chi connectivity index (χ2v) is 6.12. The summed E-state index contributed by atoms with van der Waals surface area (Å²) in [7, 11) is 0. The molecule has 2 N–H and O–H groups in total. The first-order chi connectivity index (χ1) is 9.70. The van der Waals surface area contributed by atoms with E-state index >= 15 is 0 Å². The Balaban J connectivity index is 1.63. The van der Waals surface area contributed by atoms with Crippen LogP contribution < -0.4 is 5.32 Å². The summed E-state index contributed by atoms with van der Waals surface area (Å²) < 4.78 is 12.8. The monoisotopic (exact) mass is 293 g/mol. The van der Waals surface area contributed by atoms with E-state index < -0.39 is 0 Å². The molecular formula is C14H16FN3OS. The van der Waals surface area contributed by atoms with Crippen LogP contribution in [-0.2, 0) is 6.42 Å². The normalized spacial score (nSPS) is 22.1. The van der Waals surface area contributed by atoms with E-state index in [2.05, 4.69) is 15.5 Å². The standard InChI is InChI=1S/C14H16FN3OS/c15-10-6-4-9(5-7-10)8-13-17-18-14(20-13)16-11-2-1-3-12(11)19/h4-7,11-12,19H,1-3,8H2,(H,16,18)/t11-,12+/m1/s1. The molecule has 1 aromatic heterocycles. The number of rotatable bonds is 4. The van der Waals surface area contributed by atoms with Crippen molar-refractivity contribution in [3.63, 3.8) is 0 Å². The van der Waals surface area contributed by atoms with Crippen LogP contribution >= 0.6 is 11.3 Å². The van der Waals surface area contributed by atoms with Gasteiger partial charge < -0.3 is 10.4 Å². The molecule has 1 aromatic carbocycles. The number of halogens is 1. The Hall–Kier alpha value is -1.53. The van der Waals surface area contributed by atoms with Crippen LogP contribution in [-0.4, -0.2) is 27.4 Å². The maximum Gasteiger partial charge on any atom is 0.205 e. The third kappa shape index (κ3) is 3.13. The van der Waals surface area contributed by atoms with E-state index in [-0.39, 0.29) is 18.0 Å². The Bertz CT molecular complexity index is 572. The van der Waals surface area contributed by atoms with E-state index in [9.17, 15) is 9.50 Å². The highest BCUT2D eigenvalue weighted by atomic mass is 32.1. The van der Waals surface area contributed by atoms with Gasteiger partial charge in [0.1, 0.15) is 10.8 Å². The summed E-state index contributed by atoms with van der Waals surface area (Å²) in [4.78, 5) is 0. The quantitative estimate of drug-likeness (QED) is 0.909. The Morgan fingerprint density at radius 2 is 2.05 bits per heavy atom. The van der Waals surface area contributed by atoms with Gasteiger partial charge in [0.15, 0.2) is 0 Å². The average molecular weight is 293 g/mol. The summed E-state index contributed by atoms with van der Waals surface area (Å²) in [5.74, 6) is -0.233. The molecule has 1 saturated carbocycles. The highest BCUT2D eigenvalue weighted by Gasteiger charge is 2.25. The van der Waals surface area contributed by atoms with Gasteiger partial charge in [-0.1, -0.05) is 23.5 Å². The second kappa shape index (κ2) is 5.85. The largest absolute Gasteiger partial charge is 0.391 e. The average Bonchev–Trinajstić information content (AvgIpc) is 3.03. The van der Waals surface area contributed by atoms with Crippen LogP contribution in [0, 0.1) is 5.82 Å². The van der Waals surface area contributed by atoms with Gasteiger partial charge in [0.2, 0.25) is 5.13 Å². The molecule has 0 amide bonds. The number of aliphatic hydroxyl groups is 1. The summed E-state index contributed by atoms with van der Waals surface area (Å²) in [6.45, 7) is 0. The summed E-state index contributed by atoms with van der Waals surface area (Å²) >= 11 is 1.48. The molecule has 2 atom stereocenters. The molecule has 0 unspecified atom stereocenters. The Morgan fingerprint density at radius 1 is 1.25 bits per heavy atom. The van der Waals surface area contributed by atoms with Crippen LogP contribution in [0.25, 0.3) is 0 Å². The maximum atomic E-state index is 12.8. The van der Waals surface area contributed by atoms with Crippen molar-refractivity contribution in [1.82, 2.24) is 10.2 Å². The minimum absolute atomic E-state index is 0.0848. The van der Waals surface area contributed by atoms with E-state index in [1.165, 1.54) is 23.5 Å². The van der Waals surface area contributed by atoms with Gasteiger partial charge in [-0.25, -0.2) is 4.39 Å². The topological polar surface area (TPSA) is 58.0 Å². The molecule has 4 nitrogen and oxygen atoms in total. The van der Waals surface area contributed by atoms with Gasteiger partial charge in [0.05, 0.1) is 12.1 Å². The van der Waals surface area contributed by atoms with Crippen molar-refractivity contribution in [2.45, 2.75) is 37.8 Å². The lowest BCUT2D eigenvalue weighted by Gasteiger charge is -2.14. The first-order valence-corrected chi connectivity index (χ1v) is 7.54. The van der Waals surface area contributed by atoms with Crippen LogP contribution in [0.1, 0.15) is 29.8 Å². The first kappa shape index (κ1) is 13.5. The van der Waals surface area contributed by atoms with Crippen molar-refractivity contribution in [3.05, 3.63) is 40.7 Å². The zero-order chi connectivity index (χ0) is 13.9. The number of benzene rings is 1. The minimum atomic E-state index is -0.292. The molecule has 3 rings (SSSR count). The van der Waals surface area contributed by atoms with Crippen LogP contribution in [0.5, 0.6) is 0 Å². The predicted octanol–water partition coefficient (Wildman–Crippen LogP) is 2.59. The Kier molecular flexibility index (Phi) is 3.93. The van der Waals surface area contributed by atoms with Gasteiger partial charge >= 0.3 is 0 Å². The molecule has 0 saturated heterocycles. The van der Waals surface area contributed by atoms with Gasteiger partial charge in [0, 0.05) is 6.42 Å². The highest BCUT2D eigenvalue weighted by Crippen LogP contribution is 2.25. The zero-order valence-corrected chi connectivity index (χ0v) is 11.7. The molecule has 106 valence electrons. The number of hydrogen-bond donors (Lipinski definition) is 2. The second-order valence-electron chi connectivity index (χ2n) is 5.05. The predicted molar refractivity (Wildman–Crippen MR) is 76.4 cm³/mol. The number of anilines is 1. The van der Waals surface area contributed by atoms with Crippen LogP contribution in [0.2, 0.25) is 0 Å². The fraction of sp³-hybridized carbons (Fsp3) is 0.429. The molecule has 6 heteroatoms. The summed E-state index contributed by atoms with van der Waals surface area (Å²) in [6, 6.07) is 6.49. The third-order valence-electron chi connectivity index (χ3n) is 3.52. The molecule has 1 fully saturated rings. The lowest BCUT2D eigenvalue weighted by molar-refractivity contribution is 0.172. The molecule has 0 radical (unpaired) electrons. The van der Waals surface area contributed by atoms with Crippen molar-refractivity contribution in [3.8, 4) is 0 Å². The number of hydrogen-bond acceptors (Lipinski definition) is 5. The molecule has 1 aliphatic rings. The van der Waals surface area contributed by atoms with Crippen LogP contribution in [0.15, 0.2) is 24.3 Å². The van der Waals surface area contributed by atoms with Gasteiger partial charge in [-0.05, 0) is 37.0 Å². The smallest absolute Gasteiger partial charge is 0.205 e. The zero-order valence-electron chi connectivity index (χ0n) is 10.9. The van der Waals surface area contributed by atoms with E-state index in [0.717, 1.165) is 35.0 Å². The fourth-order valence-electron chi connectivity index (χ4n) is 2.43. The fourth-order valence-corrected chi connectivity index (χ4v) is 3.26. The molecule has 20 heavy (non-hydrogen) atoms. The van der Waals surface area contributed by atoms with E-state index in [1.54, 1.807) is 12.1 Å². The summed E-state index contributed by atoms with van der Waals surface area (Å²) in [6.07, 6.45) is 3.21. The van der Waals surface area contributed by atoms with Crippen molar-refractivity contribution >= 4 is 16.5 Å². The lowest BCUT2D eigenvalue weighted by atomic mass is 10.2. The lowest BCUT2D eigenvalue weighted by Crippen LogP contribution is -2.27. The number of nitrogens with one attached hydrogen (secondary N) is 1. The first-order valence-electron chi connectivity index (χ1n) is 6.72. The molecule has 0 bridgehead atoms. The van der Waals surface area contributed by atoms with Gasteiger partial charge in [-0.2, -0.15) is 0 Å². The summed E-state index contributed by atoms with van der Waals surface area (Å²) in [5.41, 5.74) is 1.01. The number of aromatic nitrogens is 2. The van der Waals surface area contributed by atoms with E-state index in [4.69, 9.17) is 0 Å². The maximum absolute atomic E-state index is 12.8. The van der Waals surface area contributed by atoms with E-state index in [1.807, 2.05) is 0 Å². The molecular weight excluding hydrogens is 277 g/mol. The Labute approximate surface area is 120 Å². The van der Waals surface area contributed by atoms with Crippen molar-refractivity contribution in [2.75, 3.05) is 5.32 Å². The van der Waals surface area contributed by atoms with Crippen LogP contribution in [0.3, 0.4) is 0 Å². The summed E-state index contributed by atoms with van der Waals surface area (Å²) in [5, 5.41) is 22.9. The van der Waals surface area contributed by atoms with Crippen molar-refractivity contribution < 1.29 is 9.50 Å². The molecule has 0 aliphatic heterocycles. The number of nitrogens with zero attached hydrogens (tertiary/aromatic N) is 2. The molecule has 1 aliphatic carbocycles. The Morgan fingerprint density at radius 3 is 2.75 bits per heavy atom. The van der Waals surface area contributed by atoms with Gasteiger partial charge in [0.25, 0.3) is 0 Å². The SMILES string of the molecule is O[C@H]1CCC[C@H]1Nc1nnc(Cc2ccc(F)cc2)s1.